The van der Waals surface area contributed by atoms with E-state index < -0.39 is 36.9 Å². The molecule has 0 aliphatic carbocycles. The van der Waals surface area contributed by atoms with Crippen LogP contribution in [0.5, 0.6) is 23.0 Å². The summed E-state index contributed by atoms with van der Waals surface area (Å²) in [6, 6.07) is 8.76. The largest absolute Gasteiger partial charge is 0.493 e. The van der Waals surface area contributed by atoms with E-state index >= 15 is 0 Å². The maximum atomic E-state index is 11.9. The minimum Gasteiger partial charge on any atom is -0.493 e. The zero-order valence-corrected chi connectivity index (χ0v) is 24.5. The normalized spacial score (nSPS) is 14.6. The fraction of sp³-hybridized carbons (Fsp3) is 0.571. The van der Waals surface area contributed by atoms with Gasteiger partial charge in [-0.1, -0.05) is 12.1 Å². The van der Waals surface area contributed by atoms with Crippen molar-refractivity contribution in [3.8, 4) is 23.0 Å². The number of rotatable bonds is 19. The lowest BCUT2D eigenvalue weighted by Crippen LogP contribution is -2.53. The molecule has 2 aromatic carbocycles. The van der Waals surface area contributed by atoms with Crippen LogP contribution in [0.15, 0.2) is 36.4 Å². The Hall–Kier alpha value is -2.68. The van der Waals surface area contributed by atoms with Gasteiger partial charge in [-0.25, -0.2) is 0 Å². The highest BCUT2D eigenvalue weighted by atomic mass is 16.7. The van der Waals surface area contributed by atoms with Crippen molar-refractivity contribution in [2.45, 2.75) is 36.9 Å². The zero-order valence-electron chi connectivity index (χ0n) is 24.5. The van der Waals surface area contributed by atoms with Gasteiger partial charge >= 0.3 is 0 Å². The lowest BCUT2D eigenvalue weighted by atomic mass is 9.89. The zero-order chi connectivity index (χ0) is 29.7. The molecule has 0 saturated carbocycles. The molecule has 4 N–H and O–H groups in total. The van der Waals surface area contributed by atoms with Crippen molar-refractivity contribution in [1.82, 2.24) is 10.6 Å². The Labute approximate surface area is 236 Å². The quantitative estimate of drug-likeness (QED) is 0.183. The van der Waals surface area contributed by atoms with E-state index in [1.54, 1.807) is 37.4 Å². The van der Waals surface area contributed by atoms with Crippen molar-refractivity contribution in [1.29, 1.82) is 0 Å². The average molecular weight is 569 g/mol. The monoisotopic (exact) mass is 568 g/mol. The predicted octanol–water partition coefficient (Wildman–Crippen LogP) is 1.64. The van der Waals surface area contributed by atoms with Crippen LogP contribution in [0.4, 0.5) is 0 Å². The van der Waals surface area contributed by atoms with Gasteiger partial charge in [-0.05, 0) is 35.4 Å². The van der Waals surface area contributed by atoms with Crippen molar-refractivity contribution in [3.05, 3.63) is 47.5 Å². The number of aliphatic hydroxyl groups excluding tert-OH is 2. The third-order valence-corrected chi connectivity index (χ3v) is 6.64. The van der Waals surface area contributed by atoms with Crippen LogP contribution in [-0.4, -0.2) is 105 Å². The van der Waals surface area contributed by atoms with E-state index in [0.29, 0.717) is 34.1 Å². The molecule has 0 saturated heterocycles. The Bertz CT molecular complexity index is 1000. The van der Waals surface area contributed by atoms with Crippen LogP contribution < -0.4 is 29.6 Å². The fourth-order valence-electron chi connectivity index (χ4n) is 4.33. The van der Waals surface area contributed by atoms with Crippen molar-refractivity contribution in [2.75, 3.05) is 70.0 Å². The number of hydrogen-bond donors (Lipinski definition) is 4. The Morgan fingerprint density at radius 3 is 1.45 bits per heavy atom. The molecule has 4 atom stereocenters. The van der Waals surface area contributed by atoms with Crippen LogP contribution in [0.3, 0.4) is 0 Å². The van der Waals surface area contributed by atoms with Crippen molar-refractivity contribution < 1.29 is 48.1 Å². The molecule has 0 radical (unpaired) electrons. The lowest BCUT2D eigenvalue weighted by molar-refractivity contribution is -0.108. The van der Waals surface area contributed by atoms with E-state index in [4.69, 9.17) is 37.9 Å². The first kappa shape index (κ1) is 33.5. The molecule has 0 amide bonds. The van der Waals surface area contributed by atoms with Crippen LogP contribution in [-0.2, 0) is 18.9 Å². The molecule has 12 nitrogen and oxygen atoms in total. The smallest absolute Gasteiger partial charge is 0.169 e. The van der Waals surface area contributed by atoms with Crippen LogP contribution in [0.25, 0.3) is 0 Å². The first-order valence-electron chi connectivity index (χ1n) is 12.7. The highest BCUT2D eigenvalue weighted by Crippen LogP contribution is 2.35. The average Bonchev–Trinajstić information content (AvgIpc) is 3.00. The van der Waals surface area contributed by atoms with E-state index in [1.807, 2.05) is 6.07 Å². The Kier molecular flexibility index (Phi) is 14.4. The molecule has 0 bridgehead atoms. The van der Waals surface area contributed by atoms with E-state index in [0.717, 1.165) is 0 Å². The van der Waals surface area contributed by atoms with Gasteiger partial charge in [0.2, 0.25) is 0 Å². The number of benzene rings is 2. The van der Waals surface area contributed by atoms with Crippen molar-refractivity contribution in [2.24, 2.45) is 0 Å². The van der Waals surface area contributed by atoms with Gasteiger partial charge in [0.15, 0.2) is 35.6 Å². The Morgan fingerprint density at radius 1 is 0.575 bits per heavy atom. The molecule has 4 unspecified atom stereocenters. The number of aliphatic hydroxyl groups is 2. The number of methoxy groups -OCH3 is 8. The second-order valence-electron chi connectivity index (χ2n) is 8.79. The summed E-state index contributed by atoms with van der Waals surface area (Å²) in [5.74, 6) is 1.97. The second kappa shape index (κ2) is 17.2. The van der Waals surface area contributed by atoms with Crippen molar-refractivity contribution >= 4 is 0 Å². The topological polar surface area (TPSA) is 138 Å². The molecule has 2 aromatic rings. The molecule has 0 heterocycles. The SMILES string of the molecule is COc1ccc(C(O)C(NCC(OC)OC)C(O)C(NCC(OC)OC)c2ccc(OC)c(OC)c2)cc1OC. The summed E-state index contributed by atoms with van der Waals surface area (Å²) >= 11 is 0. The van der Waals surface area contributed by atoms with E-state index in [-0.39, 0.29) is 13.1 Å². The number of nitrogens with one attached hydrogen (secondary N) is 2. The number of ether oxygens (including phenoxy) is 8. The maximum absolute atomic E-state index is 11.9. The first-order valence-corrected chi connectivity index (χ1v) is 12.7. The minimum absolute atomic E-state index is 0.177. The predicted molar refractivity (Wildman–Crippen MR) is 148 cm³/mol. The first-order chi connectivity index (χ1) is 19.3. The van der Waals surface area contributed by atoms with E-state index in [9.17, 15) is 10.2 Å². The third kappa shape index (κ3) is 8.66. The Balaban J connectivity index is 2.55. The molecular weight excluding hydrogens is 524 g/mol. The fourth-order valence-corrected chi connectivity index (χ4v) is 4.33. The molecule has 0 aliphatic heterocycles. The summed E-state index contributed by atoms with van der Waals surface area (Å²) in [6.07, 6.45) is -3.59. The molecule has 0 fully saturated rings. The highest BCUT2D eigenvalue weighted by molar-refractivity contribution is 5.45. The molecule has 0 aromatic heterocycles. The summed E-state index contributed by atoms with van der Waals surface area (Å²) in [4.78, 5) is 0. The third-order valence-electron chi connectivity index (χ3n) is 6.64. The van der Waals surface area contributed by atoms with Crippen LogP contribution in [0, 0.1) is 0 Å². The van der Waals surface area contributed by atoms with Gasteiger partial charge in [0.05, 0.1) is 52.7 Å². The van der Waals surface area contributed by atoms with Gasteiger partial charge in [-0.15, -0.1) is 0 Å². The maximum Gasteiger partial charge on any atom is 0.169 e. The second-order valence-corrected chi connectivity index (χ2v) is 8.79. The lowest BCUT2D eigenvalue weighted by Gasteiger charge is -2.36. The van der Waals surface area contributed by atoms with Gasteiger partial charge in [-0.2, -0.15) is 0 Å². The van der Waals surface area contributed by atoms with Crippen LogP contribution >= 0.6 is 0 Å². The summed E-state index contributed by atoms with van der Waals surface area (Å²) in [5, 5.41) is 30.1. The number of hydrogen-bond acceptors (Lipinski definition) is 12. The minimum atomic E-state index is -1.20. The van der Waals surface area contributed by atoms with Crippen LogP contribution in [0.1, 0.15) is 23.3 Å². The Morgan fingerprint density at radius 2 is 1.00 bits per heavy atom. The van der Waals surface area contributed by atoms with Gasteiger partial charge < -0.3 is 58.7 Å². The van der Waals surface area contributed by atoms with E-state index in [2.05, 4.69) is 10.6 Å². The molecule has 0 aliphatic rings. The molecule has 226 valence electrons. The van der Waals surface area contributed by atoms with Gasteiger partial charge in [0.1, 0.15) is 0 Å². The molecule has 40 heavy (non-hydrogen) atoms. The molecule has 2 rings (SSSR count). The van der Waals surface area contributed by atoms with Gasteiger partial charge in [0, 0.05) is 41.5 Å². The summed E-state index contributed by atoms with van der Waals surface area (Å²) in [5.41, 5.74) is 1.18. The highest BCUT2D eigenvalue weighted by Gasteiger charge is 2.36. The molecular formula is C28H44N2O10. The summed E-state index contributed by atoms with van der Waals surface area (Å²) in [6.45, 7) is 0.414. The van der Waals surface area contributed by atoms with Crippen LogP contribution in [0.2, 0.25) is 0 Å². The van der Waals surface area contributed by atoms with E-state index in [1.165, 1.54) is 49.8 Å². The standard InChI is InChI=1S/C28H44N2O10/c1-33-19-11-9-17(13-21(19)35-3)25(29-15-23(37-5)38-6)28(32)26(30-16-24(39-7)40-8)27(31)18-10-12-20(34-2)22(14-18)36-4/h9-14,23-32H,15-16H2,1-8H3. The molecule has 0 spiro atoms. The van der Waals surface area contributed by atoms with Gasteiger partial charge in [-0.3, -0.25) is 0 Å². The van der Waals surface area contributed by atoms with Gasteiger partial charge in [0.25, 0.3) is 0 Å². The summed E-state index contributed by atoms with van der Waals surface area (Å²) < 4.78 is 43.0. The molecule has 12 heteroatoms. The van der Waals surface area contributed by atoms with Crippen molar-refractivity contribution in [3.63, 3.8) is 0 Å². The summed E-state index contributed by atoms with van der Waals surface area (Å²) in [7, 11) is 12.2.